The first-order chi connectivity index (χ1) is 9.36. The van der Waals surface area contributed by atoms with Crippen molar-refractivity contribution in [3.8, 4) is 0 Å². The van der Waals surface area contributed by atoms with Gasteiger partial charge in [0, 0.05) is 12.0 Å². The molecule has 1 aliphatic rings. The zero-order valence-corrected chi connectivity index (χ0v) is 10.8. The third-order valence-electron chi connectivity index (χ3n) is 3.14. The Morgan fingerprint density at radius 2 is 2.20 bits per heavy atom. The monoisotopic (exact) mass is 294 g/mol. The molecule has 0 saturated heterocycles. The van der Waals surface area contributed by atoms with Crippen LogP contribution in [0, 0.1) is 0 Å². The summed E-state index contributed by atoms with van der Waals surface area (Å²) in [5.74, 6) is -4.03. The van der Waals surface area contributed by atoms with Gasteiger partial charge in [-0.3, -0.25) is 9.48 Å². The van der Waals surface area contributed by atoms with Crippen LogP contribution in [0.1, 0.15) is 43.1 Å². The fraction of sp³-hybridized carbons (Fsp3) is 0.667. The van der Waals surface area contributed by atoms with Crippen LogP contribution in [0.4, 0.5) is 17.6 Å². The van der Waals surface area contributed by atoms with Gasteiger partial charge in [-0.15, -0.1) is 0 Å². The van der Waals surface area contributed by atoms with Crippen LogP contribution >= 0.6 is 0 Å². The number of rotatable bonds is 4. The zero-order chi connectivity index (χ0) is 14.9. The van der Waals surface area contributed by atoms with Crippen LogP contribution in [0.15, 0.2) is 0 Å². The summed E-state index contributed by atoms with van der Waals surface area (Å²) in [5.41, 5.74) is -1.38. The molecule has 0 atom stereocenters. The maximum atomic E-state index is 13.9. The van der Waals surface area contributed by atoms with Crippen LogP contribution in [-0.4, -0.2) is 22.4 Å². The largest absolute Gasteiger partial charge is 0.465 e. The van der Waals surface area contributed by atoms with Gasteiger partial charge in [-0.05, 0) is 19.8 Å². The van der Waals surface area contributed by atoms with Crippen molar-refractivity contribution in [3.63, 3.8) is 0 Å². The van der Waals surface area contributed by atoms with Gasteiger partial charge in [0.25, 0.3) is 12.3 Å². The van der Waals surface area contributed by atoms with Crippen molar-refractivity contribution in [1.29, 1.82) is 0 Å². The van der Waals surface area contributed by atoms with Crippen LogP contribution < -0.4 is 0 Å². The molecule has 4 nitrogen and oxygen atoms in total. The second-order valence-corrected chi connectivity index (χ2v) is 4.53. The average Bonchev–Trinajstić information content (AvgIpc) is 2.69. The van der Waals surface area contributed by atoms with Crippen LogP contribution in [0.25, 0.3) is 0 Å². The summed E-state index contributed by atoms with van der Waals surface area (Å²) < 4.78 is 58.9. The smallest absolute Gasteiger partial charge is 0.327 e. The number of fused-ring (bicyclic) bond motifs is 1. The number of halogens is 4. The van der Waals surface area contributed by atoms with E-state index in [2.05, 4.69) is 9.84 Å². The molecule has 0 saturated carbocycles. The summed E-state index contributed by atoms with van der Waals surface area (Å²) in [7, 11) is 0. The van der Waals surface area contributed by atoms with E-state index in [0.29, 0.717) is 4.68 Å². The lowest BCUT2D eigenvalue weighted by Crippen LogP contribution is -2.27. The lowest BCUT2D eigenvalue weighted by molar-refractivity contribution is -0.144. The molecule has 20 heavy (non-hydrogen) atoms. The Hall–Kier alpha value is -1.60. The van der Waals surface area contributed by atoms with Crippen molar-refractivity contribution in [3.05, 3.63) is 17.0 Å². The minimum absolute atomic E-state index is 0.0837. The summed E-state index contributed by atoms with van der Waals surface area (Å²) in [6, 6.07) is 0. The Morgan fingerprint density at radius 1 is 1.50 bits per heavy atom. The maximum Gasteiger partial charge on any atom is 0.327 e. The molecule has 112 valence electrons. The molecular formula is C12H14F4N2O2. The summed E-state index contributed by atoms with van der Waals surface area (Å²) in [6.07, 6.45) is -3.14. The van der Waals surface area contributed by atoms with E-state index in [4.69, 9.17) is 0 Å². The number of hydrogen-bond donors (Lipinski definition) is 0. The average molecular weight is 294 g/mol. The number of carbonyl (C=O) groups is 1. The SMILES string of the molecule is CCOC(=O)Cn1nc(C(F)F)c2c1C(F)(F)CCC2. The molecule has 0 aromatic carbocycles. The van der Waals surface area contributed by atoms with Gasteiger partial charge in [-0.2, -0.15) is 13.9 Å². The predicted octanol–water partition coefficient (Wildman–Crippen LogP) is 2.81. The topological polar surface area (TPSA) is 44.1 Å². The van der Waals surface area contributed by atoms with Crippen LogP contribution in [0.3, 0.4) is 0 Å². The minimum Gasteiger partial charge on any atom is -0.465 e. The van der Waals surface area contributed by atoms with Gasteiger partial charge >= 0.3 is 5.97 Å². The number of esters is 1. The summed E-state index contributed by atoms with van der Waals surface area (Å²) in [6.45, 7) is 1.06. The fourth-order valence-electron chi connectivity index (χ4n) is 2.40. The molecule has 0 aliphatic heterocycles. The Labute approximate surface area is 112 Å². The second kappa shape index (κ2) is 5.41. The molecule has 1 aliphatic carbocycles. The van der Waals surface area contributed by atoms with E-state index in [9.17, 15) is 22.4 Å². The quantitative estimate of drug-likeness (QED) is 0.633. The van der Waals surface area contributed by atoms with E-state index in [1.54, 1.807) is 6.92 Å². The van der Waals surface area contributed by atoms with Gasteiger partial charge < -0.3 is 4.74 Å². The standard InChI is InChI=1S/C12H14F4N2O2/c1-2-20-8(19)6-18-10-7(9(17-18)11(13)14)4-3-5-12(10,15)16/h11H,2-6H2,1H3. The molecule has 0 bridgehead atoms. The highest BCUT2D eigenvalue weighted by Gasteiger charge is 2.43. The Balaban J connectivity index is 2.44. The first-order valence-corrected chi connectivity index (χ1v) is 6.28. The van der Waals surface area contributed by atoms with Gasteiger partial charge in [0.05, 0.1) is 6.61 Å². The number of aromatic nitrogens is 2. The first-order valence-electron chi connectivity index (χ1n) is 6.28. The highest BCUT2D eigenvalue weighted by Crippen LogP contribution is 2.42. The minimum atomic E-state index is -3.25. The highest BCUT2D eigenvalue weighted by molar-refractivity contribution is 5.69. The van der Waals surface area contributed by atoms with Crippen molar-refractivity contribution in [2.24, 2.45) is 0 Å². The summed E-state index contributed by atoms with van der Waals surface area (Å²) in [5, 5.41) is 3.50. The maximum absolute atomic E-state index is 13.9. The predicted molar refractivity (Wildman–Crippen MR) is 60.6 cm³/mol. The van der Waals surface area contributed by atoms with Crippen molar-refractivity contribution in [1.82, 2.24) is 9.78 Å². The Kier molecular flexibility index (Phi) is 4.01. The van der Waals surface area contributed by atoms with E-state index in [-0.39, 0.29) is 25.0 Å². The molecule has 0 fully saturated rings. The van der Waals surface area contributed by atoms with E-state index < -0.39 is 42.7 Å². The zero-order valence-electron chi connectivity index (χ0n) is 10.8. The van der Waals surface area contributed by atoms with Crippen LogP contribution in [0.5, 0.6) is 0 Å². The number of hydrogen-bond acceptors (Lipinski definition) is 3. The molecule has 0 amide bonds. The molecule has 0 spiro atoms. The normalized spacial score (nSPS) is 17.1. The Bertz CT molecular complexity index is 514. The van der Waals surface area contributed by atoms with E-state index in [1.807, 2.05) is 0 Å². The molecule has 8 heteroatoms. The summed E-state index contributed by atoms with van der Waals surface area (Å²) in [4.78, 5) is 11.4. The molecule has 0 unspecified atom stereocenters. The van der Waals surface area contributed by atoms with Crippen molar-refractivity contribution in [2.45, 2.75) is 45.1 Å². The van der Waals surface area contributed by atoms with Gasteiger partial charge in [0.15, 0.2) is 0 Å². The molecule has 0 N–H and O–H groups in total. The second-order valence-electron chi connectivity index (χ2n) is 4.53. The molecule has 1 aromatic heterocycles. The molecule has 2 rings (SSSR count). The van der Waals surface area contributed by atoms with Gasteiger partial charge in [0.1, 0.15) is 17.9 Å². The third kappa shape index (κ3) is 2.64. The lowest BCUT2D eigenvalue weighted by atomic mass is 9.92. The van der Waals surface area contributed by atoms with E-state index in [1.165, 1.54) is 0 Å². The molecule has 1 heterocycles. The highest BCUT2D eigenvalue weighted by atomic mass is 19.3. The third-order valence-corrected chi connectivity index (χ3v) is 3.14. The number of alkyl halides is 4. The fourth-order valence-corrected chi connectivity index (χ4v) is 2.40. The van der Waals surface area contributed by atoms with Gasteiger partial charge in [0.2, 0.25) is 0 Å². The lowest BCUT2D eigenvalue weighted by Gasteiger charge is -2.23. The van der Waals surface area contributed by atoms with Crippen molar-refractivity contribution in [2.75, 3.05) is 6.61 Å². The number of carbonyl (C=O) groups excluding carboxylic acids is 1. The molecule has 1 aromatic rings. The van der Waals surface area contributed by atoms with Crippen molar-refractivity contribution < 1.29 is 27.1 Å². The van der Waals surface area contributed by atoms with Crippen LogP contribution in [-0.2, 0) is 28.4 Å². The van der Waals surface area contributed by atoms with Crippen molar-refractivity contribution >= 4 is 5.97 Å². The summed E-state index contributed by atoms with van der Waals surface area (Å²) >= 11 is 0. The van der Waals surface area contributed by atoms with E-state index in [0.717, 1.165) is 0 Å². The van der Waals surface area contributed by atoms with Crippen LogP contribution in [0.2, 0.25) is 0 Å². The first kappa shape index (κ1) is 14.8. The van der Waals surface area contributed by atoms with Gasteiger partial charge in [-0.1, -0.05) is 0 Å². The molecule has 0 radical (unpaired) electrons. The molecular weight excluding hydrogens is 280 g/mol. The van der Waals surface area contributed by atoms with E-state index >= 15 is 0 Å². The Morgan fingerprint density at radius 3 is 2.80 bits per heavy atom. The number of ether oxygens (including phenoxy) is 1. The number of nitrogens with zero attached hydrogens (tertiary/aromatic N) is 2. The van der Waals surface area contributed by atoms with Gasteiger partial charge in [-0.25, -0.2) is 8.78 Å².